The summed E-state index contributed by atoms with van der Waals surface area (Å²) in [5.74, 6) is 0.718. The van der Waals surface area contributed by atoms with E-state index >= 15 is 0 Å². The number of hydrogen-bond acceptors (Lipinski definition) is 2. The molecule has 2 nitrogen and oxygen atoms in total. The van der Waals surface area contributed by atoms with Gasteiger partial charge in [-0.1, -0.05) is 20.3 Å². The molecule has 8 heavy (non-hydrogen) atoms. The number of rotatable bonds is 4. The van der Waals surface area contributed by atoms with Crippen LogP contribution in [0.25, 0.3) is 0 Å². The van der Waals surface area contributed by atoms with Crippen molar-refractivity contribution in [2.45, 2.75) is 20.3 Å². The van der Waals surface area contributed by atoms with E-state index < -0.39 is 0 Å². The van der Waals surface area contributed by atoms with Gasteiger partial charge in [-0.2, -0.15) is 0 Å². The van der Waals surface area contributed by atoms with E-state index in [1.807, 2.05) is 0 Å². The zero-order valence-corrected chi connectivity index (χ0v) is 5.90. The topological polar surface area (TPSA) is 21.3 Å². The van der Waals surface area contributed by atoms with Gasteiger partial charge in [-0.25, -0.2) is 5.48 Å². The normalized spacial score (nSPS) is 13.9. The van der Waals surface area contributed by atoms with Crippen LogP contribution in [0.1, 0.15) is 20.3 Å². The van der Waals surface area contributed by atoms with Gasteiger partial charge in [0.2, 0.25) is 0 Å². The maximum Gasteiger partial charge on any atom is 0.0572 e. The summed E-state index contributed by atoms with van der Waals surface area (Å²) >= 11 is 0. The van der Waals surface area contributed by atoms with Crippen LogP contribution in [-0.4, -0.2) is 13.7 Å². The van der Waals surface area contributed by atoms with E-state index in [-0.39, 0.29) is 0 Å². The molecule has 0 spiro atoms. The van der Waals surface area contributed by atoms with Crippen LogP contribution in [-0.2, 0) is 4.84 Å². The Morgan fingerprint density at radius 3 is 2.62 bits per heavy atom. The molecule has 0 aliphatic rings. The van der Waals surface area contributed by atoms with Crippen LogP contribution in [0.2, 0.25) is 0 Å². The third-order valence-electron chi connectivity index (χ3n) is 1.27. The smallest absolute Gasteiger partial charge is 0.0572 e. The summed E-state index contributed by atoms with van der Waals surface area (Å²) in [5, 5.41) is 0. The predicted molar refractivity (Wildman–Crippen MR) is 34.5 cm³/mol. The van der Waals surface area contributed by atoms with Crippen molar-refractivity contribution in [3.05, 3.63) is 0 Å². The van der Waals surface area contributed by atoms with Crippen molar-refractivity contribution >= 4 is 0 Å². The van der Waals surface area contributed by atoms with Crippen molar-refractivity contribution < 1.29 is 4.84 Å². The molecule has 50 valence electrons. The van der Waals surface area contributed by atoms with Gasteiger partial charge < -0.3 is 4.84 Å². The monoisotopic (exact) mass is 117 g/mol. The number of hydroxylamine groups is 1. The van der Waals surface area contributed by atoms with Crippen molar-refractivity contribution in [1.29, 1.82) is 0 Å². The highest BCUT2D eigenvalue weighted by Gasteiger charge is 1.94. The van der Waals surface area contributed by atoms with E-state index in [0.29, 0.717) is 0 Å². The van der Waals surface area contributed by atoms with Crippen LogP contribution in [0.4, 0.5) is 0 Å². The molecule has 0 saturated carbocycles. The number of nitrogens with one attached hydrogen (secondary N) is 1. The Bertz CT molecular complexity index is 47.8. The van der Waals surface area contributed by atoms with Crippen LogP contribution < -0.4 is 5.48 Å². The molecule has 2 heteroatoms. The minimum Gasteiger partial charge on any atom is -0.305 e. The maximum absolute atomic E-state index is 4.66. The summed E-state index contributed by atoms with van der Waals surface area (Å²) in [7, 11) is 1.64. The Morgan fingerprint density at radius 1 is 1.62 bits per heavy atom. The van der Waals surface area contributed by atoms with Crippen LogP contribution in [0.5, 0.6) is 0 Å². The summed E-state index contributed by atoms with van der Waals surface area (Å²) in [6, 6.07) is 0. The highest BCUT2D eigenvalue weighted by atomic mass is 16.6. The fraction of sp³-hybridized carbons (Fsp3) is 1.00. The average molecular weight is 117 g/mol. The Labute approximate surface area is 51.2 Å². The minimum atomic E-state index is 0.718. The molecule has 1 unspecified atom stereocenters. The van der Waals surface area contributed by atoms with E-state index in [1.165, 1.54) is 6.42 Å². The molecule has 0 bridgehead atoms. The van der Waals surface area contributed by atoms with E-state index in [4.69, 9.17) is 0 Å². The third kappa shape index (κ3) is 4.09. The van der Waals surface area contributed by atoms with Gasteiger partial charge in [-0.05, 0) is 5.92 Å². The standard InChI is InChI=1S/C6H15NO/c1-4-6(2)5-7-8-3/h6-7H,4-5H2,1-3H3. The highest BCUT2D eigenvalue weighted by molar-refractivity contribution is 4.47. The molecule has 0 rings (SSSR count). The molecule has 0 fully saturated rings. The van der Waals surface area contributed by atoms with Crippen LogP contribution >= 0.6 is 0 Å². The lowest BCUT2D eigenvalue weighted by Crippen LogP contribution is -2.18. The van der Waals surface area contributed by atoms with Gasteiger partial charge in [0.1, 0.15) is 0 Å². The lowest BCUT2D eigenvalue weighted by atomic mass is 10.1. The minimum absolute atomic E-state index is 0.718. The highest BCUT2D eigenvalue weighted by Crippen LogP contribution is 1.96. The lowest BCUT2D eigenvalue weighted by molar-refractivity contribution is 0.0813. The first kappa shape index (κ1) is 7.92. The first-order valence-corrected chi connectivity index (χ1v) is 3.07. The molecule has 0 aromatic rings. The second-order valence-electron chi connectivity index (χ2n) is 2.07. The van der Waals surface area contributed by atoms with Gasteiger partial charge in [-0.3, -0.25) is 0 Å². The van der Waals surface area contributed by atoms with Crippen LogP contribution in [0.15, 0.2) is 0 Å². The molecule has 0 aliphatic carbocycles. The maximum atomic E-state index is 4.66. The van der Waals surface area contributed by atoms with Gasteiger partial charge in [0, 0.05) is 6.54 Å². The summed E-state index contributed by atoms with van der Waals surface area (Å²) in [5.41, 5.74) is 2.80. The van der Waals surface area contributed by atoms with E-state index in [0.717, 1.165) is 12.5 Å². The van der Waals surface area contributed by atoms with Gasteiger partial charge >= 0.3 is 0 Å². The van der Waals surface area contributed by atoms with Crippen LogP contribution in [0.3, 0.4) is 0 Å². The Morgan fingerprint density at radius 2 is 2.25 bits per heavy atom. The molecule has 0 saturated heterocycles. The van der Waals surface area contributed by atoms with Crippen molar-refractivity contribution in [2.75, 3.05) is 13.7 Å². The largest absolute Gasteiger partial charge is 0.305 e. The zero-order chi connectivity index (χ0) is 6.41. The molecule has 0 aromatic heterocycles. The van der Waals surface area contributed by atoms with Crippen molar-refractivity contribution in [2.24, 2.45) is 5.92 Å². The molecule has 0 aromatic carbocycles. The summed E-state index contributed by atoms with van der Waals surface area (Å²) in [4.78, 5) is 4.66. The summed E-state index contributed by atoms with van der Waals surface area (Å²) < 4.78 is 0. The Hall–Kier alpha value is -0.0800. The second-order valence-corrected chi connectivity index (χ2v) is 2.07. The number of hydrogen-bond donors (Lipinski definition) is 1. The Kier molecular flexibility index (Phi) is 5.01. The molecule has 0 radical (unpaired) electrons. The average Bonchev–Trinajstić information content (AvgIpc) is 1.83. The SMILES string of the molecule is CCC(C)CNOC. The fourth-order valence-electron chi connectivity index (χ4n) is 0.370. The van der Waals surface area contributed by atoms with Crippen molar-refractivity contribution in [3.8, 4) is 0 Å². The third-order valence-corrected chi connectivity index (χ3v) is 1.27. The van der Waals surface area contributed by atoms with Gasteiger partial charge in [-0.15, -0.1) is 0 Å². The Balaban J connectivity index is 2.86. The van der Waals surface area contributed by atoms with Gasteiger partial charge in [0.15, 0.2) is 0 Å². The molecule has 0 amide bonds. The molecule has 0 aliphatic heterocycles. The van der Waals surface area contributed by atoms with Gasteiger partial charge in [0.25, 0.3) is 0 Å². The molecule has 1 atom stereocenters. The fourth-order valence-corrected chi connectivity index (χ4v) is 0.370. The predicted octanol–water partition coefficient (Wildman–Crippen LogP) is 1.18. The van der Waals surface area contributed by atoms with Crippen molar-refractivity contribution in [1.82, 2.24) is 5.48 Å². The lowest BCUT2D eigenvalue weighted by Gasteiger charge is -2.06. The van der Waals surface area contributed by atoms with E-state index in [9.17, 15) is 0 Å². The molecular weight excluding hydrogens is 102 g/mol. The summed E-state index contributed by atoms with van der Waals surface area (Å²) in [6.07, 6.45) is 1.20. The first-order valence-electron chi connectivity index (χ1n) is 3.07. The molecule has 0 heterocycles. The van der Waals surface area contributed by atoms with E-state index in [2.05, 4.69) is 24.2 Å². The van der Waals surface area contributed by atoms with Crippen molar-refractivity contribution in [3.63, 3.8) is 0 Å². The van der Waals surface area contributed by atoms with Gasteiger partial charge in [0.05, 0.1) is 7.11 Å². The summed E-state index contributed by atoms with van der Waals surface area (Å²) in [6.45, 7) is 5.31. The molecular formula is C6H15NO. The van der Waals surface area contributed by atoms with Crippen LogP contribution in [0, 0.1) is 5.92 Å². The van der Waals surface area contributed by atoms with E-state index in [1.54, 1.807) is 7.11 Å². The second kappa shape index (κ2) is 5.06. The molecule has 1 N–H and O–H groups in total. The first-order chi connectivity index (χ1) is 3.81. The zero-order valence-electron chi connectivity index (χ0n) is 5.90. The quantitative estimate of drug-likeness (QED) is 0.558.